The van der Waals surface area contributed by atoms with Crippen molar-refractivity contribution in [2.24, 2.45) is 0 Å². The Morgan fingerprint density at radius 3 is 2.88 bits per heavy atom. The molecule has 6 heteroatoms. The molecule has 0 radical (unpaired) electrons. The molecule has 0 aliphatic carbocycles. The normalized spacial score (nSPS) is 11.9. The first-order chi connectivity index (χ1) is 11.7. The zero-order chi connectivity index (χ0) is 16.8. The topological polar surface area (TPSA) is 68.8 Å². The van der Waals surface area contributed by atoms with Gasteiger partial charge in [0.25, 0.3) is 0 Å². The van der Waals surface area contributed by atoms with Crippen molar-refractivity contribution in [2.45, 2.75) is 13.5 Å². The van der Waals surface area contributed by atoms with Crippen LogP contribution in [-0.4, -0.2) is 26.0 Å². The van der Waals surface area contributed by atoms with Crippen LogP contribution in [0.1, 0.15) is 11.1 Å². The fraction of sp³-hybridized carbons (Fsp3) is 0.278. The smallest absolute Gasteiger partial charge is 0.315 e. The van der Waals surface area contributed by atoms with Crippen molar-refractivity contribution in [1.82, 2.24) is 10.6 Å². The molecule has 0 saturated carbocycles. The molecular formula is C18H20N2O4. The Balaban J connectivity index is 1.35. The average Bonchev–Trinajstić information content (AvgIpc) is 3.05. The largest absolute Gasteiger partial charge is 0.492 e. The molecule has 0 fully saturated rings. The van der Waals surface area contributed by atoms with Gasteiger partial charge >= 0.3 is 6.03 Å². The maximum absolute atomic E-state index is 11.8. The number of urea groups is 1. The molecule has 2 aromatic carbocycles. The molecule has 3 rings (SSSR count). The maximum Gasteiger partial charge on any atom is 0.315 e. The van der Waals surface area contributed by atoms with Crippen LogP contribution in [0.5, 0.6) is 17.2 Å². The Kier molecular flexibility index (Phi) is 5.05. The average molecular weight is 328 g/mol. The zero-order valence-electron chi connectivity index (χ0n) is 13.5. The number of rotatable bonds is 6. The molecular weight excluding hydrogens is 308 g/mol. The SMILES string of the molecule is Cc1cccc(OCCNC(=O)NCc2ccc3c(c2)OCO3)c1. The van der Waals surface area contributed by atoms with E-state index in [4.69, 9.17) is 14.2 Å². The number of aryl methyl sites for hydroxylation is 1. The van der Waals surface area contributed by atoms with E-state index in [0.29, 0.717) is 25.4 Å². The number of ether oxygens (including phenoxy) is 3. The Hall–Kier alpha value is -2.89. The Bertz CT molecular complexity index is 718. The molecule has 6 nitrogen and oxygen atoms in total. The molecule has 2 N–H and O–H groups in total. The number of benzene rings is 2. The van der Waals surface area contributed by atoms with Crippen LogP contribution in [0.3, 0.4) is 0 Å². The highest BCUT2D eigenvalue weighted by atomic mass is 16.7. The molecule has 0 spiro atoms. The van der Waals surface area contributed by atoms with E-state index in [-0.39, 0.29) is 12.8 Å². The summed E-state index contributed by atoms with van der Waals surface area (Å²) in [4.78, 5) is 11.8. The molecule has 1 aliphatic rings. The zero-order valence-corrected chi connectivity index (χ0v) is 13.5. The summed E-state index contributed by atoms with van der Waals surface area (Å²) in [5.41, 5.74) is 2.09. The number of fused-ring (bicyclic) bond motifs is 1. The molecule has 0 atom stereocenters. The van der Waals surface area contributed by atoms with Gasteiger partial charge in [-0.15, -0.1) is 0 Å². The quantitative estimate of drug-likeness (QED) is 0.800. The van der Waals surface area contributed by atoms with Gasteiger partial charge in [0.2, 0.25) is 6.79 Å². The lowest BCUT2D eigenvalue weighted by molar-refractivity contribution is 0.174. The van der Waals surface area contributed by atoms with Gasteiger partial charge in [0.1, 0.15) is 12.4 Å². The van der Waals surface area contributed by atoms with Crippen LogP contribution in [0.25, 0.3) is 0 Å². The first-order valence-electron chi connectivity index (χ1n) is 7.80. The van der Waals surface area contributed by atoms with E-state index in [1.165, 1.54) is 0 Å². The Morgan fingerprint density at radius 2 is 2.00 bits per heavy atom. The van der Waals surface area contributed by atoms with Gasteiger partial charge in [-0.3, -0.25) is 0 Å². The molecule has 1 heterocycles. The second-order valence-electron chi connectivity index (χ2n) is 5.46. The van der Waals surface area contributed by atoms with E-state index in [1.807, 2.05) is 49.4 Å². The van der Waals surface area contributed by atoms with Crippen molar-refractivity contribution < 1.29 is 19.0 Å². The Morgan fingerprint density at radius 1 is 1.12 bits per heavy atom. The highest BCUT2D eigenvalue weighted by Gasteiger charge is 2.13. The molecule has 2 amide bonds. The predicted octanol–water partition coefficient (Wildman–Crippen LogP) is 2.60. The van der Waals surface area contributed by atoms with E-state index >= 15 is 0 Å². The van der Waals surface area contributed by atoms with Gasteiger partial charge in [-0.2, -0.15) is 0 Å². The highest BCUT2D eigenvalue weighted by molar-refractivity contribution is 5.73. The molecule has 0 aromatic heterocycles. The minimum Gasteiger partial charge on any atom is -0.492 e. The van der Waals surface area contributed by atoms with Crippen molar-refractivity contribution in [1.29, 1.82) is 0 Å². The summed E-state index contributed by atoms with van der Waals surface area (Å²) in [5, 5.41) is 5.56. The first-order valence-corrected chi connectivity index (χ1v) is 7.80. The number of hydrogen-bond donors (Lipinski definition) is 2. The van der Waals surface area contributed by atoms with Crippen LogP contribution in [0.15, 0.2) is 42.5 Å². The lowest BCUT2D eigenvalue weighted by atomic mass is 10.2. The molecule has 0 saturated heterocycles. The van der Waals surface area contributed by atoms with Crippen LogP contribution in [-0.2, 0) is 6.54 Å². The van der Waals surface area contributed by atoms with Crippen LogP contribution in [0, 0.1) is 6.92 Å². The van der Waals surface area contributed by atoms with Gasteiger partial charge in [0.15, 0.2) is 11.5 Å². The van der Waals surface area contributed by atoms with Crippen molar-refractivity contribution in [3.05, 3.63) is 53.6 Å². The Labute approximate surface area is 140 Å². The van der Waals surface area contributed by atoms with Gasteiger partial charge < -0.3 is 24.8 Å². The standard InChI is InChI=1S/C18H20N2O4/c1-13-3-2-4-15(9-13)22-8-7-19-18(21)20-11-14-5-6-16-17(10-14)24-12-23-16/h2-6,9-10H,7-8,11-12H2,1H3,(H2,19,20,21). The van der Waals surface area contributed by atoms with Crippen LogP contribution in [0.2, 0.25) is 0 Å². The maximum atomic E-state index is 11.8. The first kappa shape index (κ1) is 16.0. The van der Waals surface area contributed by atoms with Crippen molar-refractivity contribution >= 4 is 6.03 Å². The summed E-state index contributed by atoms with van der Waals surface area (Å²) in [6, 6.07) is 13.2. The van der Waals surface area contributed by atoms with Crippen molar-refractivity contribution in [3.63, 3.8) is 0 Å². The number of hydrogen-bond acceptors (Lipinski definition) is 4. The fourth-order valence-corrected chi connectivity index (χ4v) is 2.33. The molecule has 1 aliphatic heterocycles. The van der Waals surface area contributed by atoms with Crippen LogP contribution < -0.4 is 24.8 Å². The van der Waals surface area contributed by atoms with Gasteiger partial charge in [-0.05, 0) is 42.3 Å². The minimum absolute atomic E-state index is 0.236. The summed E-state index contributed by atoms with van der Waals surface area (Å²) in [7, 11) is 0. The van der Waals surface area contributed by atoms with Gasteiger partial charge in [0.05, 0.1) is 6.54 Å². The second kappa shape index (κ2) is 7.59. The van der Waals surface area contributed by atoms with Gasteiger partial charge in [-0.25, -0.2) is 4.79 Å². The van der Waals surface area contributed by atoms with E-state index in [1.54, 1.807) is 0 Å². The van der Waals surface area contributed by atoms with E-state index < -0.39 is 0 Å². The van der Waals surface area contributed by atoms with Crippen LogP contribution in [0.4, 0.5) is 4.79 Å². The monoisotopic (exact) mass is 328 g/mol. The van der Waals surface area contributed by atoms with E-state index in [2.05, 4.69) is 10.6 Å². The summed E-state index contributed by atoms with van der Waals surface area (Å²) < 4.78 is 16.1. The molecule has 2 aromatic rings. The molecule has 0 unspecified atom stereocenters. The third kappa shape index (κ3) is 4.32. The van der Waals surface area contributed by atoms with Crippen molar-refractivity contribution in [3.8, 4) is 17.2 Å². The lowest BCUT2D eigenvalue weighted by Crippen LogP contribution is -2.37. The summed E-state index contributed by atoms with van der Waals surface area (Å²) in [5.74, 6) is 2.25. The highest BCUT2D eigenvalue weighted by Crippen LogP contribution is 2.32. The fourth-order valence-electron chi connectivity index (χ4n) is 2.33. The lowest BCUT2D eigenvalue weighted by Gasteiger charge is -2.10. The molecule has 126 valence electrons. The summed E-state index contributed by atoms with van der Waals surface area (Å²) >= 11 is 0. The van der Waals surface area contributed by atoms with E-state index in [9.17, 15) is 4.79 Å². The van der Waals surface area contributed by atoms with Crippen molar-refractivity contribution in [2.75, 3.05) is 19.9 Å². The summed E-state index contributed by atoms with van der Waals surface area (Å²) in [6.07, 6.45) is 0. The second-order valence-corrected chi connectivity index (χ2v) is 5.46. The number of carbonyl (C=O) groups excluding carboxylic acids is 1. The van der Waals surface area contributed by atoms with Gasteiger partial charge in [-0.1, -0.05) is 18.2 Å². The number of amides is 2. The summed E-state index contributed by atoms with van der Waals surface area (Å²) in [6.45, 7) is 3.52. The third-order valence-electron chi connectivity index (χ3n) is 3.54. The molecule has 0 bridgehead atoms. The number of carbonyl (C=O) groups is 1. The van der Waals surface area contributed by atoms with Gasteiger partial charge in [0, 0.05) is 6.54 Å². The third-order valence-corrected chi connectivity index (χ3v) is 3.54. The molecule has 24 heavy (non-hydrogen) atoms. The minimum atomic E-state index is -0.236. The van der Waals surface area contributed by atoms with E-state index in [0.717, 1.165) is 22.6 Å². The predicted molar refractivity (Wildman–Crippen MR) is 89.5 cm³/mol. The number of nitrogens with one attached hydrogen (secondary N) is 2. The van der Waals surface area contributed by atoms with Crippen LogP contribution >= 0.6 is 0 Å².